The van der Waals surface area contributed by atoms with Gasteiger partial charge in [0.05, 0.1) is 21.8 Å². The molecule has 1 aliphatic rings. The molecule has 5 rings (SSSR count). The number of aromatic nitrogens is 3. The zero-order chi connectivity index (χ0) is 19.3. The Kier molecular flexibility index (Phi) is 3.89. The van der Waals surface area contributed by atoms with Crippen molar-refractivity contribution in [1.29, 1.82) is 0 Å². The molecule has 0 radical (unpaired) electrons. The first-order valence-electron chi connectivity index (χ1n) is 9.25. The van der Waals surface area contributed by atoms with E-state index in [4.69, 9.17) is 4.98 Å². The van der Waals surface area contributed by atoms with Crippen molar-refractivity contribution in [2.45, 2.75) is 24.8 Å². The van der Waals surface area contributed by atoms with Gasteiger partial charge in [0, 0.05) is 36.7 Å². The van der Waals surface area contributed by atoms with E-state index in [2.05, 4.69) is 10.3 Å². The molecule has 4 aromatic rings. The quantitative estimate of drug-likeness (QED) is 0.561. The monoisotopic (exact) mass is 392 g/mol. The minimum Gasteiger partial charge on any atom is -0.340 e. The van der Waals surface area contributed by atoms with E-state index >= 15 is 0 Å². The van der Waals surface area contributed by atoms with E-state index in [1.165, 1.54) is 3.97 Å². The number of nitrogens with zero attached hydrogens (tertiary/aromatic N) is 2. The molecule has 0 saturated carbocycles. The van der Waals surface area contributed by atoms with Crippen molar-refractivity contribution in [3.05, 3.63) is 71.7 Å². The summed E-state index contributed by atoms with van der Waals surface area (Å²) in [6, 6.07) is 14.5. The van der Waals surface area contributed by atoms with Crippen LogP contribution in [0.1, 0.15) is 17.0 Å². The fourth-order valence-corrected chi connectivity index (χ4v) is 5.08. The number of para-hydroxylation sites is 1. The van der Waals surface area contributed by atoms with Gasteiger partial charge in [0.2, 0.25) is 0 Å². The Balaban J connectivity index is 1.71. The Labute approximate surface area is 163 Å². The molecule has 7 heteroatoms. The van der Waals surface area contributed by atoms with Crippen molar-refractivity contribution in [1.82, 2.24) is 19.3 Å². The Morgan fingerprint density at radius 3 is 2.64 bits per heavy atom. The van der Waals surface area contributed by atoms with E-state index in [1.807, 2.05) is 43.3 Å². The van der Waals surface area contributed by atoms with Crippen molar-refractivity contribution >= 4 is 20.9 Å². The van der Waals surface area contributed by atoms with Gasteiger partial charge in [-0.25, -0.2) is 17.4 Å². The summed E-state index contributed by atoms with van der Waals surface area (Å²) in [6.07, 6.45) is 2.55. The van der Waals surface area contributed by atoms with Crippen molar-refractivity contribution in [3.8, 4) is 11.4 Å². The van der Waals surface area contributed by atoms with E-state index in [-0.39, 0.29) is 4.90 Å². The van der Waals surface area contributed by atoms with Crippen molar-refractivity contribution in [2.75, 3.05) is 6.54 Å². The predicted octanol–water partition coefficient (Wildman–Crippen LogP) is 3.22. The van der Waals surface area contributed by atoms with Crippen LogP contribution in [0.15, 0.2) is 59.6 Å². The summed E-state index contributed by atoms with van der Waals surface area (Å²) >= 11 is 0. The van der Waals surface area contributed by atoms with Crippen LogP contribution in [0.3, 0.4) is 0 Å². The summed E-state index contributed by atoms with van der Waals surface area (Å²) in [7, 11) is -3.71. The van der Waals surface area contributed by atoms with Crippen LogP contribution in [0.5, 0.6) is 0 Å². The third kappa shape index (κ3) is 2.66. The molecule has 0 atom stereocenters. The molecule has 6 nitrogen and oxygen atoms in total. The molecule has 0 unspecified atom stereocenters. The van der Waals surface area contributed by atoms with Crippen molar-refractivity contribution in [2.24, 2.45) is 0 Å². The van der Waals surface area contributed by atoms with E-state index < -0.39 is 10.0 Å². The maximum Gasteiger partial charge on any atom is 0.268 e. The molecular formula is C21H20N4O2S. The lowest BCUT2D eigenvalue weighted by Crippen LogP contribution is -2.23. The molecule has 3 heterocycles. The standard InChI is InChI=1S/C21H20N4O2S/c1-14-6-8-15(9-7-14)28(26,27)25-13-17(16-4-2-3-5-20(16)25)21-23-18-10-11-22-12-19(18)24-21/h2-9,13,22H,10-12H2,1H3,(H,23,24). The largest absolute Gasteiger partial charge is 0.340 e. The van der Waals surface area contributed by atoms with Crippen molar-refractivity contribution in [3.63, 3.8) is 0 Å². The van der Waals surface area contributed by atoms with E-state index in [0.29, 0.717) is 11.3 Å². The molecule has 0 fully saturated rings. The maximum atomic E-state index is 13.3. The molecule has 2 aromatic carbocycles. The van der Waals surface area contributed by atoms with Gasteiger partial charge in [-0.1, -0.05) is 35.9 Å². The first-order valence-corrected chi connectivity index (χ1v) is 10.7. The lowest BCUT2D eigenvalue weighted by atomic mass is 10.2. The number of nitrogens with one attached hydrogen (secondary N) is 2. The van der Waals surface area contributed by atoms with Crippen LogP contribution in [0, 0.1) is 6.92 Å². The number of benzene rings is 2. The van der Waals surface area contributed by atoms with Crippen LogP contribution in [0.2, 0.25) is 0 Å². The van der Waals surface area contributed by atoms with Gasteiger partial charge in [-0.3, -0.25) is 0 Å². The molecule has 142 valence electrons. The SMILES string of the molecule is Cc1ccc(S(=O)(=O)n2cc(-c3nc4c([nH]3)CNCC4)c3ccccc32)cc1. The van der Waals surface area contributed by atoms with Crippen molar-refractivity contribution < 1.29 is 8.42 Å². The second kappa shape index (κ2) is 6.32. The van der Waals surface area contributed by atoms with Gasteiger partial charge in [-0.15, -0.1) is 0 Å². The van der Waals surface area contributed by atoms with Crippen LogP contribution in [-0.2, 0) is 23.0 Å². The Morgan fingerprint density at radius 2 is 1.86 bits per heavy atom. The highest BCUT2D eigenvalue weighted by Gasteiger charge is 2.23. The molecule has 2 N–H and O–H groups in total. The van der Waals surface area contributed by atoms with Gasteiger partial charge in [0.15, 0.2) is 0 Å². The van der Waals surface area contributed by atoms with E-state index in [9.17, 15) is 8.42 Å². The molecule has 28 heavy (non-hydrogen) atoms. The van der Waals surface area contributed by atoms with Gasteiger partial charge in [-0.2, -0.15) is 0 Å². The van der Waals surface area contributed by atoms with Gasteiger partial charge in [0.1, 0.15) is 5.82 Å². The molecule has 0 amide bonds. The smallest absolute Gasteiger partial charge is 0.268 e. The number of fused-ring (bicyclic) bond motifs is 2. The average molecular weight is 392 g/mol. The Bertz CT molecular complexity index is 1260. The molecule has 0 saturated heterocycles. The third-order valence-corrected chi connectivity index (χ3v) is 6.90. The lowest BCUT2D eigenvalue weighted by Gasteiger charge is -2.09. The fraction of sp³-hybridized carbons (Fsp3) is 0.190. The zero-order valence-corrected chi connectivity index (χ0v) is 16.3. The van der Waals surface area contributed by atoms with Crippen LogP contribution >= 0.6 is 0 Å². The lowest BCUT2D eigenvalue weighted by molar-refractivity contribution is 0.589. The van der Waals surface area contributed by atoms with Crippen LogP contribution in [0.25, 0.3) is 22.3 Å². The Hall–Kier alpha value is -2.90. The highest BCUT2D eigenvalue weighted by atomic mass is 32.2. The second-order valence-electron chi connectivity index (χ2n) is 7.11. The van der Waals surface area contributed by atoms with Gasteiger partial charge >= 0.3 is 0 Å². The summed E-state index contributed by atoms with van der Waals surface area (Å²) in [5, 5.41) is 4.18. The molecule has 0 aliphatic carbocycles. The first kappa shape index (κ1) is 17.2. The minimum absolute atomic E-state index is 0.272. The summed E-state index contributed by atoms with van der Waals surface area (Å²) in [6.45, 7) is 3.59. The molecule has 2 aromatic heterocycles. The van der Waals surface area contributed by atoms with Crippen LogP contribution in [-0.4, -0.2) is 28.9 Å². The summed E-state index contributed by atoms with van der Waals surface area (Å²) < 4.78 is 28.0. The van der Waals surface area contributed by atoms with Gasteiger partial charge < -0.3 is 10.3 Å². The maximum absolute atomic E-state index is 13.3. The average Bonchev–Trinajstić information content (AvgIpc) is 3.30. The normalized spacial score (nSPS) is 14.3. The van der Waals surface area contributed by atoms with Crippen LogP contribution < -0.4 is 5.32 Å². The Morgan fingerprint density at radius 1 is 1.07 bits per heavy atom. The predicted molar refractivity (Wildman–Crippen MR) is 109 cm³/mol. The summed E-state index contributed by atoms with van der Waals surface area (Å²) in [5.74, 6) is 0.711. The molecule has 0 spiro atoms. The minimum atomic E-state index is -3.71. The third-order valence-electron chi connectivity index (χ3n) is 5.22. The topological polar surface area (TPSA) is 79.8 Å². The van der Waals surface area contributed by atoms with Crippen LogP contribution in [0.4, 0.5) is 0 Å². The molecule has 1 aliphatic heterocycles. The number of hydrogen-bond acceptors (Lipinski definition) is 4. The summed E-state index contributed by atoms with van der Waals surface area (Å²) in [4.78, 5) is 8.39. The number of H-pyrrole nitrogens is 1. The zero-order valence-electron chi connectivity index (χ0n) is 15.4. The molecular weight excluding hydrogens is 372 g/mol. The summed E-state index contributed by atoms with van der Waals surface area (Å²) in [5.41, 5.74) is 4.57. The van der Waals surface area contributed by atoms with E-state index in [0.717, 1.165) is 47.4 Å². The number of imidazole rings is 1. The van der Waals surface area contributed by atoms with Gasteiger partial charge in [0.25, 0.3) is 10.0 Å². The highest BCUT2D eigenvalue weighted by molar-refractivity contribution is 7.90. The molecule has 0 bridgehead atoms. The second-order valence-corrected chi connectivity index (χ2v) is 8.93. The number of rotatable bonds is 3. The van der Waals surface area contributed by atoms with Gasteiger partial charge in [-0.05, 0) is 25.1 Å². The number of aromatic amines is 1. The number of hydrogen-bond donors (Lipinski definition) is 2. The van der Waals surface area contributed by atoms with E-state index in [1.54, 1.807) is 18.3 Å². The highest BCUT2D eigenvalue weighted by Crippen LogP contribution is 2.32. The first-order chi connectivity index (χ1) is 13.5. The fourth-order valence-electron chi connectivity index (χ4n) is 3.71. The number of aryl methyl sites for hydroxylation is 1.